The Labute approximate surface area is 99.5 Å². The molecule has 1 atom stereocenters. The number of rotatable bonds is 3. The summed E-state index contributed by atoms with van der Waals surface area (Å²) in [5, 5.41) is 14.5. The predicted molar refractivity (Wildman–Crippen MR) is 62.9 cm³/mol. The maximum atomic E-state index is 13.5. The van der Waals surface area contributed by atoms with Crippen molar-refractivity contribution in [1.29, 1.82) is 0 Å². The van der Waals surface area contributed by atoms with Gasteiger partial charge >= 0.3 is 0 Å². The largest absolute Gasteiger partial charge is 0.383 e. The molecule has 0 radical (unpaired) electrons. The van der Waals surface area contributed by atoms with Gasteiger partial charge in [-0.3, -0.25) is 4.68 Å². The van der Waals surface area contributed by atoms with Gasteiger partial charge in [-0.05, 0) is 24.6 Å². The summed E-state index contributed by atoms with van der Waals surface area (Å²) < 4.78 is 15.1. The third-order valence-electron chi connectivity index (χ3n) is 2.76. The van der Waals surface area contributed by atoms with Crippen LogP contribution in [0, 0.1) is 5.82 Å². The highest BCUT2D eigenvalue weighted by Gasteiger charge is 2.27. The lowest BCUT2D eigenvalue weighted by atomic mass is 9.93. The van der Waals surface area contributed by atoms with Gasteiger partial charge in [-0.2, -0.15) is 5.10 Å². The monoisotopic (exact) mass is 234 g/mol. The summed E-state index contributed by atoms with van der Waals surface area (Å²) >= 11 is 0. The Morgan fingerprint density at radius 2 is 2.06 bits per heavy atom. The summed E-state index contributed by atoms with van der Waals surface area (Å²) in [6.07, 6.45) is 1.96. The number of hydrogen-bond acceptors (Lipinski definition) is 2. The molecular formula is C13H15FN2O. The van der Waals surface area contributed by atoms with Gasteiger partial charge in [0.15, 0.2) is 0 Å². The van der Waals surface area contributed by atoms with E-state index in [4.69, 9.17) is 0 Å². The number of hydrogen-bond donors (Lipinski definition) is 1. The second-order valence-electron chi connectivity index (χ2n) is 4.42. The highest BCUT2D eigenvalue weighted by molar-refractivity contribution is 5.22. The van der Waals surface area contributed by atoms with Crippen molar-refractivity contribution in [1.82, 2.24) is 9.78 Å². The Morgan fingerprint density at radius 1 is 1.35 bits per heavy atom. The smallest absolute Gasteiger partial charge is 0.126 e. The van der Waals surface area contributed by atoms with E-state index < -0.39 is 5.60 Å². The van der Waals surface area contributed by atoms with Crippen molar-refractivity contribution in [3.63, 3.8) is 0 Å². The minimum atomic E-state index is -1.16. The van der Waals surface area contributed by atoms with Crippen LogP contribution >= 0.6 is 0 Å². The summed E-state index contributed by atoms with van der Waals surface area (Å²) in [4.78, 5) is 0. The van der Waals surface area contributed by atoms with Crippen LogP contribution in [0.15, 0.2) is 36.5 Å². The molecule has 1 unspecified atom stereocenters. The van der Waals surface area contributed by atoms with Crippen molar-refractivity contribution in [3.8, 4) is 0 Å². The molecule has 1 aromatic heterocycles. The molecule has 2 rings (SSSR count). The van der Waals surface area contributed by atoms with Gasteiger partial charge in [-0.25, -0.2) is 4.39 Å². The molecule has 4 heteroatoms. The third kappa shape index (κ3) is 2.53. The predicted octanol–water partition coefficient (Wildman–Crippen LogP) is 2.01. The molecule has 0 fully saturated rings. The van der Waals surface area contributed by atoms with Gasteiger partial charge in [0.05, 0.1) is 5.69 Å². The molecule has 0 spiro atoms. The van der Waals surface area contributed by atoms with E-state index in [0.717, 1.165) is 0 Å². The molecule has 0 amide bonds. The van der Waals surface area contributed by atoms with Crippen LogP contribution in [0.1, 0.15) is 18.2 Å². The van der Waals surface area contributed by atoms with E-state index in [0.29, 0.717) is 11.3 Å². The van der Waals surface area contributed by atoms with E-state index in [-0.39, 0.29) is 12.2 Å². The van der Waals surface area contributed by atoms with E-state index in [9.17, 15) is 9.50 Å². The summed E-state index contributed by atoms with van der Waals surface area (Å²) in [6, 6.07) is 8.19. The zero-order chi connectivity index (χ0) is 12.5. The fourth-order valence-corrected chi connectivity index (χ4v) is 1.81. The Kier molecular flexibility index (Phi) is 2.98. The topological polar surface area (TPSA) is 38.0 Å². The van der Waals surface area contributed by atoms with Gasteiger partial charge in [0.2, 0.25) is 0 Å². The van der Waals surface area contributed by atoms with Crippen LogP contribution in [0.5, 0.6) is 0 Å². The van der Waals surface area contributed by atoms with Gasteiger partial charge < -0.3 is 5.11 Å². The van der Waals surface area contributed by atoms with Gasteiger partial charge in [-0.1, -0.05) is 18.2 Å². The molecule has 2 aromatic rings. The molecule has 0 bridgehead atoms. The van der Waals surface area contributed by atoms with Crippen LogP contribution in [0.25, 0.3) is 0 Å². The van der Waals surface area contributed by atoms with Gasteiger partial charge in [0, 0.05) is 19.7 Å². The quantitative estimate of drug-likeness (QED) is 0.882. The molecule has 0 aliphatic heterocycles. The van der Waals surface area contributed by atoms with Crippen molar-refractivity contribution < 1.29 is 9.50 Å². The van der Waals surface area contributed by atoms with Crippen molar-refractivity contribution >= 4 is 0 Å². The summed E-state index contributed by atoms with van der Waals surface area (Å²) in [5.41, 5.74) is -0.130. The zero-order valence-electron chi connectivity index (χ0n) is 9.89. The number of aliphatic hydroxyl groups is 1. The first-order valence-corrected chi connectivity index (χ1v) is 5.45. The fourth-order valence-electron chi connectivity index (χ4n) is 1.81. The van der Waals surface area contributed by atoms with Crippen molar-refractivity contribution in [2.24, 2.45) is 7.05 Å². The molecular weight excluding hydrogens is 219 g/mol. The lowest BCUT2D eigenvalue weighted by Gasteiger charge is -2.21. The second-order valence-corrected chi connectivity index (χ2v) is 4.42. The van der Waals surface area contributed by atoms with Crippen LogP contribution in [0.2, 0.25) is 0 Å². The minimum absolute atomic E-state index is 0.205. The standard InChI is InChI=1S/C13H15FN2O/c1-13(17,12-7-8-16(2)15-12)9-10-5-3-4-6-11(10)14/h3-8,17H,9H2,1-2H3. The normalized spacial score (nSPS) is 14.6. The van der Waals surface area contributed by atoms with Crippen LogP contribution in [0.3, 0.4) is 0 Å². The highest BCUT2D eigenvalue weighted by Crippen LogP contribution is 2.24. The summed E-state index contributed by atoms with van der Waals surface area (Å²) in [6.45, 7) is 1.64. The Morgan fingerprint density at radius 3 is 2.65 bits per heavy atom. The van der Waals surface area contributed by atoms with Crippen molar-refractivity contribution in [3.05, 3.63) is 53.6 Å². The SMILES string of the molecule is Cn1ccc(C(C)(O)Cc2ccccc2F)n1. The number of nitrogens with zero attached hydrogens (tertiary/aromatic N) is 2. The number of halogens is 1. The Hall–Kier alpha value is -1.68. The first kappa shape index (κ1) is 11.8. The second kappa shape index (κ2) is 4.30. The first-order valence-electron chi connectivity index (χ1n) is 5.45. The molecule has 90 valence electrons. The number of benzene rings is 1. The zero-order valence-corrected chi connectivity index (χ0v) is 9.89. The van der Waals surface area contributed by atoms with E-state index in [1.807, 2.05) is 0 Å². The lowest BCUT2D eigenvalue weighted by Crippen LogP contribution is -2.25. The molecule has 1 N–H and O–H groups in total. The molecule has 0 aliphatic carbocycles. The molecule has 0 saturated carbocycles. The molecule has 3 nitrogen and oxygen atoms in total. The minimum Gasteiger partial charge on any atom is -0.383 e. The summed E-state index contributed by atoms with van der Waals surface area (Å²) in [5.74, 6) is -0.302. The molecule has 1 heterocycles. The fraction of sp³-hybridized carbons (Fsp3) is 0.308. The van der Waals surface area contributed by atoms with Crippen LogP contribution in [-0.2, 0) is 19.1 Å². The number of aromatic nitrogens is 2. The van der Waals surface area contributed by atoms with E-state index in [2.05, 4.69) is 5.10 Å². The van der Waals surface area contributed by atoms with Gasteiger partial charge in [0.1, 0.15) is 11.4 Å². The number of aryl methyl sites for hydroxylation is 1. The van der Waals surface area contributed by atoms with E-state index >= 15 is 0 Å². The average molecular weight is 234 g/mol. The maximum Gasteiger partial charge on any atom is 0.126 e. The summed E-state index contributed by atoms with van der Waals surface area (Å²) in [7, 11) is 1.78. The molecule has 0 saturated heterocycles. The van der Waals surface area contributed by atoms with Crippen LogP contribution < -0.4 is 0 Å². The van der Waals surface area contributed by atoms with Crippen LogP contribution in [0.4, 0.5) is 4.39 Å². The third-order valence-corrected chi connectivity index (χ3v) is 2.76. The maximum absolute atomic E-state index is 13.5. The molecule has 0 aliphatic rings. The van der Waals surface area contributed by atoms with Gasteiger partial charge in [0.25, 0.3) is 0 Å². The Bertz CT molecular complexity index is 520. The lowest BCUT2D eigenvalue weighted by molar-refractivity contribution is 0.0515. The van der Waals surface area contributed by atoms with E-state index in [1.165, 1.54) is 6.07 Å². The average Bonchev–Trinajstić information content (AvgIpc) is 2.69. The Balaban J connectivity index is 2.26. The van der Waals surface area contributed by atoms with Crippen molar-refractivity contribution in [2.75, 3.05) is 0 Å². The van der Waals surface area contributed by atoms with Crippen LogP contribution in [-0.4, -0.2) is 14.9 Å². The molecule has 1 aromatic carbocycles. The van der Waals surface area contributed by atoms with E-state index in [1.54, 1.807) is 49.1 Å². The highest BCUT2D eigenvalue weighted by atomic mass is 19.1. The van der Waals surface area contributed by atoms with Gasteiger partial charge in [-0.15, -0.1) is 0 Å². The molecule has 17 heavy (non-hydrogen) atoms. The first-order chi connectivity index (χ1) is 7.99. The van der Waals surface area contributed by atoms with Crippen molar-refractivity contribution in [2.45, 2.75) is 18.9 Å².